The van der Waals surface area contributed by atoms with Gasteiger partial charge in [-0.25, -0.2) is 9.59 Å². The van der Waals surface area contributed by atoms with Gasteiger partial charge in [-0.05, 0) is 31.0 Å². The summed E-state index contributed by atoms with van der Waals surface area (Å²) in [6.07, 6.45) is -1.97. The molecule has 1 aliphatic heterocycles. The summed E-state index contributed by atoms with van der Waals surface area (Å²) in [5, 5.41) is 28.2. The number of carbonyl (C=O) groups excluding carboxylic acids is 2. The number of rotatable bonds is 2. The average Bonchev–Trinajstić information content (AvgIpc) is 2.48. The van der Waals surface area contributed by atoms with Gasteiger partial charge >= 0.3 is 17.9 Å². The summed E-state index contributed by atoms with van der Waals surface area (Å²) in [5.41, 5.74) is 1.16. The maximum Gasteiger partial charge on any atom is 0.403 e. The number of hydrogen-bond acceptors (Lipinski definition) is 7. The second kappa shape index (κ2) is 4.86. The van der Waals surface area contributed by atoms with Gasteiger partial charge in [0.15, 0.2) is 6.10 Å². The Hall–Kier alpha value is -1.96. The predicted molar refractivity (Wildman–Crippen MR) is 64.8 cm³/mol. The van der Waals surface area contributed by atoms with E-state index in [1.54, 1.807) is 19.9 Å². The maximum absolute atomic E-state index is 12.1. The van der Waals surface area contributed by atoms with E-state index < -0.39 is 30.6 Å². The van der Waals surface area contributed by atoms with Crippen LogP contribution in [0.4, 0.5) is 0 Å². The summed E-state index contributed by atoms with van der Waals surface area (Å²) in [6.45, 7) is 2.41. The molecule has 3 N–H and O–H groups in total. The van der Waals surface area contributed by atoms with Crippen LogP contribution >= 0.6 is 0 Å². The van der Waals surface area contributed by atoms with Gasteiger partial charge in [0.2, 0.25) is 0 Å². The summed E-state index contributed by atoms with van der Waals surface area (Å²) in [5.74, 6) is -4.95. The number of esters is 2. The van der Waals surface area contributed by atoms with Crippen LogP contribution in [0.3, 0.4) is 0 Å². The maximum atomic E-state index is 12.1. The van der Waals surface area contributed by atoms with Crippen LogP contribution in [-0.4, -0.2) is 45.9 Å². The van der Waals surface area contributed by atoms with Crippen LogP contribution in [0.2, 0.25) is 0 Å². The minimum atomic E-state index is -2.91. The first-order chi connectivity index (χ1) is 9.30. The van der Waals surface area contributed by atoms with Gasteiger partial charge in [-0.3, -0.25) is 0 Å². The van der Waals surface area contributed by atoms with Crippen LogP contribution in [0.15, 0.2) is 12.1 Å². The lowest BCUT2D eigenvalue weighted by Gasteiger charge is -2.27. The fourth-order valence-electron chi connectivity index (χ4n) is 1.89. The Labute approximate surface area is 114 Å². The molecule has 1 aliphatic rings. The van der Waals surface area contributed by atoms with E-state index in [0.29, 0.717) is 5.56 Å². The molecule has 1 aromatic carbocycles. The second-order valence-corrected chi connectivity index (χ2v) is 4.54. The molecule has 0 amide bonds. The zero-order valence-electron chi connectivity index (χ0n) is 10.9. The summed E-state index contributed by atoms with van der Waals surface area (Å²) in [7, 11) is 0. The van der Waals surface area contributed by atoms with Crippen molar-refractivity contribution in [3.63, 3.8) is 0 Å². The third-order valence-electron chi connectivity index (χ3n) is 3.23. The lowest BCUT2D eigenvalue weighted by molar-refractivity contribution is -0.348. The molecular weight excluding hydrogens is 268 g/mol. The molecule has 0 fully saturated rings. The third-order valence-corrected chi connectivity index (χ3v) is 3.23. The van der Waals surface area contributed by atoms with Crippen molar-refractivity contribution in [3.8, 4) is 0 Å². The minimum absolute atomic E-state index is 0.0314. The predicted octanol–water partition coefficient (Wildman–Crippen LogP) is -0.370. The van der Waals surface area contributed by atoms with E-state index in [1.165, 1.54) is 6.07 Å². The molecule has 1 aromatic rings. The number of aliphatic hydroxyl groups is 3. The standard InChI is InChI=1S/C13H14O7/c1-6-3-4-8-10(7(6)2)12(17)20-13(18,9(15)5-14)19-11(8)16/h3-4,9,14-15,18H,5H2,1-2H3. The Morgan fingerprint density at radius 3 is 2.40 bits per heavy atom. The molecule has 0 saturated heterocycles. The molecule has 0 spiro atoms. The van der Waals surface area contributed by atoms with Crippen molar-refractivity contribution in [2.45, 2.75) is 25.9 Å². The number of carbonyl (C=O) groups is 2. The van der Waals surface area contributed by atoms with Crippen LogP contribution < -0.4 is 0 Å². The first kappa shape index (κ1) is 14.4. The Bertz CT molecular complexity index is 580. The summed E-state index contributed by atoms with van der Waals surface area (Å²) < 4.78 is 9.25. The normalized spacial score (nSPS) is 23.4. The van der Waals surface area contributed by atoms with Gasteiger partial charge in [0.05, 0.1) is 17.7 Å². The molecule has 0 saturated carbocycles. The van der Waals surface area contributed by atoms with E-state index in [0.717, 1.165) is 5.56 Å². The Balaban J connectivity index is 2.56. The topological polar surface area (TPSA) is 113 Å². The zero-order valence-corrected chi connectivity index (χ0v) is 10.9. The average molecular weight is 282 g/mol. The molecule has 2 unspecified atom stereocenters. The quantitative estimate of drug-likeness (QED) is 0.634. The van der Waals surface area contributed by atoms with Crippen LogP contribution in [-0.2, 0) is 9.47 Å². The summed E-state index contributed by atoms with van der Waals surface area (Å²) in [6, 6.07) is 2.99. The van der Waals surface area contributed by atoms with Crippen molar-refractivity contribution >= 4 is 11.9 Å². The SMILES string of the molecule is Cc1ccc2c(c1C)C(=O)OC(O)(C(O)CO)OC2=O. The van der Waals surface area contributed by atoms with Crippen molar-refractivity contribution in [3.05, 3.63) is 34.4 Å². The summed E-state index contributed by atoms with van der Waals surface area (Å²) in [4.78, 5) is 24.0. The van der Waals surface area contributed by atoms with Crippen molar-refractivity contribution in [1.29, 1.82) is 0 Å². The van der Waals surface area contributed by atoms with Crippen LogP contribution in [0, 0.1) is 13.8 Å². The van der Waals surface area contributed by atoms with Gasteiger partial charge in [0.25, 0.3) is 0 Å². The van der Waals surface area contributed by atoms with Crippen molar-refractivity contribution in [2.24, 2.45) is 0 Å². The molecule has 0 radical (unpaired) electrons. The summed E-state index contributed by atoms with van der Waals surface area (Å²) >= 11 is 0. The van der Waals surface area contributed by atoms with Crippen LogP contribution in [0.25, 0.3) is 0 Å². The monoisotopic (exact) mass is 282 g/mol. The van der Waals surface area contributed by atoms with Crippen molar-refractivity contribution in [1.82, 2.24) is 0 Å². The number of cyclic esters (lactones) is 2. The van der Waals surface area contributed by atoms with Gasteiger partial charge in [-0.15, -0.1) is 0 Å². The lowest BCUT2D eigenvalue weighted by atomic mass is 9.98. The van der Waals surface area contributed by atoms with Gasteiger partial charge in [0, 0.05) is 0 Å². The molecule has 20 heavy (non-hydrogen) atoms. The minimum Gasteiger partial charge on any atom is -0.393 e. The molecular formula is C13H14O7. The molecule has 2 atom stereocenters. The van der Waals surface area contributed by atoms with E-state index in [-0.39, 0.29) is 11.1 Å². The molecule has 2 rings (SSSR count). The van der Waals surface area contributed by atoms with Crippen molar-refractivity contribution < 1.29 is 34.4 Å². The van der Waals surface area contributed by atoms with Gasteiger partial charge in [0.1, 0.15) is 0 Å². The van der Waals surface area contributed by atoms with E-state index >= 15 is 0 Å². The molecule has 1 heterocycles. The van der Waals surface area contributed by atoms with Crippen LogP contribution in [0.5, 0.6) is 0 Å². The molecule has 0 aliphatic carbocycles. The highest BCUT2D eigenvalue weighted by atomic mass is 16.9. The number of aryl methyl sites for hydroxylation is 1. The van der Waals surface area contributed by atoms with E-state index in [9.17, 15) is 19.8 Å². The van der Waals surface area contributed by atoms with Gasteiger partial charge < -0.3 is 24.8 Å². The molecule has 0 aromatic heterocycles. The highest BCUT2D eigenvalue weighted by Gasteiger charge is 2.48. The molecule has 108 valence electrons. The highest BCUT2D eigenvalue weighted by Crippen LogP contribution is 2.29. The smallest absolute Gasteiger partial charge is 0.393 e. The molecule has 7 nitrogen and oxygen atoms in total. The number of fused-ring (bicyclic) bond motifs is 1. The molecule has 7 heteroatoms. The van der Waals surface area contributed by atoms with Crippen molar-refractivity contribution in [2.75, 3.05) is 6.61 Å². The Morgan fingerprint density at radius 2 is 1.80 bits per heavy atom. The van der Waals surface area contributed by atoms with E-state index in [1.807, 2.05) is 0 Å². The van der Waals surface area contributed by atoms with Crippen LogP contribution in [0.1, 0.15) is 31.8 Å². The fraction of sp³-hybridized carbons (Fsp3) is 0.385. The first-order valence-electron chi connectivity index (χ1n) is 5.88. The zero-order chi connectivity index (χ0) is 15.1. The lowest BCUT2D eigenvalue weighted by Crippen LogP contribution is -2.50. The second-order valence-electron chi connectivity index (χ2n) is 4.54. The Morgan fingerprint density at radius 1 is 1.20 bits per heavy atom. The van der Waals surface area contributed by atoms with Gasteiger partial charge in [-0.1, -0.05) is 6.07 Å². The van der Waals surface area contributed by atoms with E-state index in [4.69, 9.17) is 5.11 Å². The number of hydrogen-bond donors (Lipinski definition) is 3. The number of benzene rings is 1. The number of aliphatic hydroxyl groups excluding tert-OH is 2. The number of ether oxygens (including phenoxy) is 2. The van der Waals surface area contributed by atoms with Gasteiger partial charge in [-0.2, -0.15) is 0 Å². The largest absolute Gasteiger partial charge is 0.403 e. The first-order valence-corrected chi connectivity index (χ1v) is 5.88. The van der Waals surface area contributed by atoms with E-state index in [2.05, 4.69) is 9.47 Å². The third kappa shape index (κ3) is 2.15. The Kier molecular flexibility index (Phi) is 3.51. The fourth-order valence-corrected chi connectivity index (χ4v) is 1.89. The highest BCUT2D eigenvalue weighted by molar-refractivity contribution is 6.05. The molecule has 0 bridgehead atoms.